The van der Waals surface area contributed by atoms with Crippen molar-refractivity contribution in [3.8, 4) is 0 Å². The number of hydrogen-bond acceptors (Lipinski definition) is 4. The Morgan fingerprint density at radius 1 is 1.55 bits per heavy atom. The number of rotatable bonds is 6. The Hall–Kier alpha value is -1.62. The van der Waals surface area contributed by atoms with E-state index in [1.165, 1.54) is 18.4 Å². The molecule has 0 aromatic carbocycles. The number of esters is 1. The normalized spacial score (nSPS) is 18.8. The van der Waals surface area contributed by atoms with Crippen molar-refractivity contribution in [2.45, 2.75) is 31.7 Å². The van der Waals surface area contributed by atoms with Crippen LogP contribution in [-0.4, -0.2) is 19.0 Å². The zero-order valence-corrected chi connectivity index (χ0v) is 12.3. The number of amides is 1. The molecule has 0 bridgehead atoms. The summed E-state index contributed by atoms with van der Waals surface area (Å²) in [5.74, 6) is 0.00503. The molecule has 0 unspecified atom stereocenters. The Kier molecular flexibility index (Phi) is 5.35. The van der Waals surface area contributed by atoms with Gasteiger partial charge in [-0.2, -0.15) is 0 Å². The van der Waals surface area contributed by atoms with Crippen LogP contribution in [0, 0.1) is 5.92 Å². The van der Waals surface area contributed by atoms with E-state index in [0.29, 0.717) is 12.3 Å². The van der Waals surface area contributed by atoms with Crippen LogP contribution in [0.3, 0.4) is 0 Å². The molecule has 2 atom stereocenters. The van der Waals surface area contributed by atoms with Crippen molar-refractivity contribution in [3.63, 3.8) is 0 Å². The highest BCUT2D eigenvalue weighted by atomic mass is 32.1. The second-order valence-electron chi connectivity index (χ2n) is 4.89. The molecule has 0 saturated carbocycles. The molecular formula is C15H19NO3S. The van der Waals surface area contributed by atoms with Gasteiger partial charge in [0.2, 0.25) is 5.91 Å². The third-order valence-corrected chi connectivity index (χ3v) is 4.37. The first-order chi connectivity index (χ1) is 9.69. The predicted molar refractivity (Wildman–Crippen MR) is 78.3 cm³/mol. The summed E-state index contributed by atoms with van der Waals surface area (Å²) in [6.07, 6.45) is 6.95. The number of carbonyl (C=O) groups excluding carboxylic acids is 2. The lowest BCUT2D eigenvalue weighted by atomic mass is 10.0. The second-order valence-corrected chi connectivity index (χ2v) is 5.86. The highest BCUT2D eigenvalue weighted by molar-refractivity contribution is 7.10. The van der Waals surface area contributed by atoms with Crippen LogP contribution < -0.4 is 5.32 Å². The minimum absolute atomic E-state index is 0.0103. The molecule has 1 aromatic rings. The molecule has 20 heavy (non-hydrogen) atoms. The molecule has 1 aliphatic rings. The summed E-state index contributed by atoms with van der Waals surface area (Å²) >= 11 is 1.53. The summed E-state index contributed by atoms with van der Waals surface area (Å²) < 4.78 is 4.70. The fourth-order valence-electron chi connectivity index (χ4n) is 2.32. The lowest BCUT2D eigenvalue weighted by Crippen LogP contribution is -2.30. The number of thiophene rings is 1. The van der Waals surface area contributed by atoms with Crippen molar-refractivity contribution in [1.82, 2.24) is 5.32 Å². The van der Waals surface area contributed by atoms with Gasteiger partial charge in [0, 0.05) is 11.3 Å². The third kappa shape index (κ3) is 4.20. The van der Waals surface area contributed by atoms with Crippen LogP contribution in [-0.2, 0) is 14.3 Å². The van der Waals surface area contributed by atoms with Gasteiger partial charge < -0.3 is 10.1 Å². The van der Waals surface area contributed by atoms with E-state index >= 15 is 0 Å². The fourth-order valence-corrected chi connectivity index (χ4v) is 3.10. The summed E-state index contributed by atoms with van der Waals surface area (Å²) in [7, 11) is 1.36. The molecule has 0 aliphatic heterocycles. The first-order valence-corrected chi connectivity index (χ1v) is 7.63. The quantitative estimate of drug-likeness (QED) is 0.648. The predicted octanol–water partition coefficient (Wildman–Crippen LogP) is 2.82. The molecule has 4 nitrogen and oxygen atoms in total. The molecule has 108 valence electrons. The number of nitrogens with one attached hydrogen (secondary N) is 1. The highest BCUT2D eigenvalue weighted by Crippen LogP contribution is 2.24. The van der Waals surface area contributed by atoms with Crippen LogP contribution in [0.15, 0.2) is 29.7 Å². The number of carbonyl (C=O) groups is 2. The average Bonchev–Trinajstić information content (AvgIpc) is 3.10. The fraction of sp³-hybridized carbons (Fsp3) is 0.467. The van der Waals surface area contributed by atoms with Crippen LogP contribution >= 0.6 is 11.3 Å². The maximum absolute atomic E-state index is 12.1. The minimum atomic E-state index is -0.315. The molecule has 0 spiro atoms. The van der Waals surface area contributed by atoms with Crippen molar-refractivity contribution in [2.24, 2.45) is 5.92 Å². The first kappa shape index (κ1) is 14.8. The molecule has 1 heterocycles. The van der Waals surface area contributed by atoms with Crippen molar-refractivity contribution in [1.29, 1.82) is 0 Å². The summed E-state index contributed by atoms with van der Waals surface area (Å²) in [5, 5.41) is 4.88. The van der Waals surface area contributed by atoms with Crippen molar-refractivity contribution in [3.05, 3.63) is 34.5 Å². The van der Waals surface area contributed by atoms with Gasteiger partial charge in [-0.25, -0.2) is 0 Å². The lowest BCUT2D eigenvalue weighted by Gasteiger charge is -2.17. The zero-order valence-electron chi connectivity index (χ0n) is 11.5. The SMILES string of the molecule is COC(=O)C[C@H](NC(=O)C[C@H]1C=CCC1)c1cccs1. The van der Waals surface area contributed by atoms with Crippen molar-refractivity contribution >= 4 is 23.2 Å². The summed E-state index contributed by atoms with van der Waals surface area (Å²) in [6.45, 7) is 0. The van der Waals surface area contributed by atoms with E-state index in [1.807, 2.05) is 17.5 Å². The summed E-state index contributed by atoms with van der Waals surface area (Å²) in [6, 6.07) is 3.55. The van der Waals surface area contributed by atoms with Gasteiger partial charge in [0.05, 0.1) is 19.6 Å². The Morgan fingerprint density at radius 3 is 3.00 bits per heavy atom. The maximum atomic E-state index is 12.1. The van der Waals surface area contributed by atoms with Gasteiger partial charge >= 0.3 is 5.97 Å². The largest absolute Gasteiger partial charge is 0.469 e. The van der Waals surface area contributed by atoms with E-state index < -0.39 is 0 Å². The third-order valence-electron chi connectivity index (χ3n) is 3.38. The second kappa shape index (κ2) is 7.24. The molecule has 1 amide bonds. The van der Waals surface area contributed by atoms with Crippen molar-refractivity contribution in [2.75, 3.05) is 7.11 Å². The van der Waals surface area contributed by atoms with Gasteiger partial charge in [-0.05, 0) is 30.2 Å². The monoisotopic (exact) mass is 293 g/mol. The van der Waals surface area contributed by atoms with Gasteiger partial charge in [-0.15, -0.1) is 11.3 Å². The number of hydrogen-bond donors (Lipinski definition) is 1. The highest BCUT2D eigenvalue weighted by Gasteiger charge is 2.21. The van der Waals surface area contributed by atoms with Gasteiger partial charge in [-0.3, -0.25) is 9.59 Å². The van der Waals surface area contributed by atoms with E-state index in [9.17, 15) is 9.59 Å². The first-order valence-electron chi connectivity index (χ1n) is 6.75. The van der Waals surface area contributed by atoms with Crippen LogP contribution in [0.5, 0.6) is 0 Å². The Morgan fingerprint density at radius 2 is 2.40 bits per heavy atom. The Labute approximate surface area is 122 Å². The van der Waals surface area contributed by atoms with Gasteiger partial charge in [-0.1, -0.05) is 18.2 Å². The average molecular weight is 293 g/mol. The van der Waals surface area contributed by atoms with E-state index in [4.69, 9.17) is 4.74 Å². The van der Waals surface area contributed by atoms with E-state index in [0.717, 1.165) is 17.7 Å². The minimum Gasteiger partial charge on any atom is -0.469 e. The van der Waals surface area contributed by atoms with Crippen LogP contribution in [0.1, 0.15) is 36.6 Å². The number of methoxy groups -OCH3 is 1. The molecule has 0 fully saturated rings. The van der Waals surface area contributed by atoms with Gasteiger partial charge in [0.15, 0.2) is 0 Å². The molecule has 1 N–H and O–H groups in total. The molecular weight excluding hydrogens is 274 g/mol. The molecule has 5 heteroatoms. The standard InChI is InChI=1S/C15H19NO3S/c1-19-15(18)10-12(13-7-4-8-20-13)16-14(17)9-11-5-2-3-6-11/h2,4-5,7-8,11-12H,3,6,9-10H2,1H3,(H,16,17)/t11-,12-/m0/s1. The van der Waals surface area contributed by atoms with Crippen molar-refractivity contribution < 1.29 is 14.3 Å². The molecule has 0 radical (unpaired) electrons. The van der Waals surface area contributed by atoms with Gasteiger partial charge in [0.1, 0.15) is 0 Å². The van der Waals surface area contributed by atoms with E-state index in [2.05, 4.69) is 17.5 Å². The molecule has 1 aromatic heterocycles. The van der Waals surface area contributed by atoms with Crippen LogP contribution in [0.2, 0.25) is 0 Å². The summed E-state index contributed by atoms with van der Waals surface area (Å²) in [4.78, 5) is 24.5. The number of allylic oxidation sites excluding steroid dienone is 2. The molecule has 0 saturated heterocycles. The summed E-state index contributed by atoms with van der Waals surface area (Å²) in [5.41, 5.74) is 0. The number of ether oxygens (including phenoxy) is 1. The van der Waals surface area contributed by atoms with E-state index in [-0.39, 0.29) is 24.3 Å². The Balaban J connectivity index is 1.94. The Bertz CT molecular complexity index is 481. The van der Waals surface area contributed by atoms with Crippen LogP contribution in [0.4, 0.5) is 0 Å². The van der Waals surface area contributed by atoms with Crippen LogP contribution in [0.25, 0.3) is 0 Å². The van der Waals surface area contributed by atoms with E-state index in [1.54, 1.807) is 0 Å². The molecule has 1 aliphatic carbocycles. The topological polar surface area (TPSA) is 55.4 Å². The van der Waals surface area contributed by atoms with Gasteiger partial charge in [0.25, 0.3) is 0 Å². The molecule has 2 rings (SSSR count). The lowest BCUT2D eigenvalue weighted by molar-refractivity contribution is -0.141. The maximum Gasteiger partial charge on any atom is 0.307 e. The smallest absolute Gasteiger partial charge is 0.307 e. The zero-order chi connectivity index (χ0) is 14.4.